The first kappa shape index (κ1) is 16.5. The van der Waals surface area contributed by atoms with Gasteiger partial charge in [-0.25, -0.2) is 4.79 Å². The minimum absolute atomic E-state index is 0.108. The predicted molar refractivity (Wildman–Crippen MR) is 93.9 cm³/mol. The molecule has 0 aromatic heterocycles. The highest BCUT2D eigenvalue weighted by Gasteiger charge is 2.29. The summed E-state index contributed by atoms with van der Waals surface area (Å²) in [6.07, 6.45) is 3.16. The SMILES string of the molecule is CC1CCCC(C)N1C(=O)COC(=O)c1cccc2ccccc12. The van der Waals surface area contributed by atoms with Crippen LogP contribution < -0.4 is 0 Å². The van der Waals surface area contributed by atoms with Crippen LogP contribution in [0.3, 0.4) is 0 Å². The van der Waals surface area contributed by atoms with E-state index < -0.39 is 5.97 Å². The van der Waals surface area contributed by atoms with Crippen molar-refractivity contribution in [3.8, 4) is 0 Å². The lowest BCUT2D eigenvalue weighted by atomic mass is 9.97. The summed E-state index contributed by atoms with van der Waals surface area (Å²) >= 11 is 0. The molecule has 0 spiro atoms. The molecule has 2 aromatic rings. The largest absolute Gasteiger partial charge is 0.452 e. The molecule has 0 saturated carbocycles. The van der Waals surface area contributed by atoms with Gasteiger partial charge in [-0.3, -0.25) is 4.79 Å². The molecule has 126 valence electrons. The molecule has 1 fully saturated rings. The van der Waals surface area contributed by atoms with Gasteiger partial charge in [-0.2, -0.15) is 0 Å². The number of piperidine rings is 1. The number of hydrogen-bond donors (Lipinski definition) is 0. The molecule has 4 heteroatoms. The van der Waals surface area contributed by atoms with Crippen molar-refractivity contribution in [1.29, 1.82) is 0 Å². The Labute approximate surface area is 142 Å². The molecule has 2 aromatic carbocycles. The summed E-state index contributed by atoms with van der Waals surface area (Å²) in [5.41, 5.74) is 0.501. The molecule has 2 atom stereocenters. The van der Waals surface area contributed by atoms with Crippen LogP contribution in [0.2, 0.25) is 0 Å². The summed E-state index contributed by atoms with van der Waals surface area (Å²) in [5.74, 6) is -0.555. The number of amides is 1. The minimum atomic E-state index is -0.447. The maximum absolute atomic E-state index is 12.5. The third kappa shape index (κ3) is 3.28. The second-order valence-corrected chi connectivity index (χ2v) is 6.53. The fourth-order valence-corrected chi connectivity index (χ4v) is 3.60. The van der Waals surface area contributed by atoms with Crippen molar-refractivity contribution in [2.24, 2.45) is 0 Å². The molecule has 0 aliphatic carbocycles. The molecule has 1 amide bonds. The number of esters is 1. The van der Waals surface area contributed by atoms with Crippen LogP contribution in [0.15, 0.2) is 42.5 Å². The van der Waals surface area contributed by atoms with Crippen molar-refractivity contribution in [1.82, 2.24) is 4.90 Å². The molecular weight excluding hydrogens is 302 g/mol. The molecule has 0 N–H and O–H groups in total. The number of benzene rings is 2. The Morgan fingerprint density at radius 1 is 1.04 bits per heavy atom. The Hall–Kier alpha value is -2.36. The maximum Gasteiger partial charge on any atom is 0.339 e. The zero-order valence-electron chi connectivity index (χ0n) is 14.2. The van der Waals surface area contributed by atoms with Gasteiger partial charge in [-0.1, -0.05) is 36.4 Å². The van der Waals surface area contributed by atoms with E-state index in [0.29, 0.717) is 5.56 Å². The van der Waals surface area contributed by atoms with Gasteiger partial charge in [-0.15, -0.1) is 0 Å². The van der Waals surface area contributed by atoms with E-state index in [1.54, 1.807) is 6.07 Å². The molecule has 3 rings (SSSR count). The monoisotopic (exact) mass is 325 g/mol. The lowest BCUT2D eigenvalue weighted by molar-refractivity contribution is -0.140. The Morgan fingerprint density at radius 3 is 2.46 bits per heavy atom. The van der Waals surface area contributed by atoms with Gasteiger partial charge in [0.05, 0.1) is 5.56 Å². The first-order valence-corrected chi connectivity index (χ1v) is 8.54. The van der Waals surface area contributed by atoms with Crippen molar-refractivity contribution >= 4 is 22.6 Å². The number of nitrogens with zero attached hydrogens (tertiary/aromatic N) is 1. The number of fused-ring (bicyclic) bond motifs is 1. The van der Waals surface area contributed by atoms with Gasteiger partial charge in [0.2, 0.25) is 0 Å². The van der Waals surface area contributed by atoms with Gasteiger partial charge in [0.1, 0.15) is 0 Å². The van der Waals surface area contributed by atoms with Crippen LogP contribution in [-0.4, -0.2) is 35.5 Å². The highest BCUT2D eigenvalue weighted by atomic mass is 16.5. The fourth-order valence-electron chi connectivity index (χ4n) is 3.60. The quantitative estimate of drug-likeness (QED) is 0.807. The Morgan fingerprint density at radius 2 is 1.71 bits per heavy atom. The second kappa shape index (κ2) is 7.04. The number of rotatable bonds is 3. The number of hydrogen-bond acceptors (Lipinski definition) is 3. The van der Waals surface area contributed by atoms with Crippen molar-refractivity contribution in [3.05, 3.63) is 48.0 Å². The Bertz CT molecular complexity index is 740. The van der Waals surface area contributed by atoms with Crippen molar-refractivity contribution in [2.45, 2.75) is 45.2 Å². The van der Waals surface area contributed by atoms with E-state index in [1.807, 2.05) is 41.3 Å². The lowest BCUT2D eigenvalue weighted by Gasteiger charge is -2.38. The van der Waals surface area contributed by atoms with E-state index in [1.165, 1.54) is 0 Å². The van der Waals surface area contributed by atoms with E-state index in [9.17, 15) is 9.59 Å². The van der Waals surface area contributed by atoms with Crippen LogP contribution in [0.1, 0.15) is 43.5 Å². The predicted octanol–water partition coefficient (Wildman–Crippen LogP) is 3.79. The number of carbonyl (C=O) groups excluding carboxylic acids is 2. The van der Waals surface area contributed by atoms with Crippen LogP contribution in [-0.2, 0) is 9.53 Å². The van der Waals surface area contributed by atoms with Gasteiger partial charge in [-0.05, 0) is 49.9 Å². The molecule has 4 nitrogen and oxygen atoms in total. The van der Waals surface area contributed by atoms with E-state index in [2.05, 4.69) is 13.8 Å². The fraction of sp³-hybridized carbons (Fsp3) is 0.400. The summed E-state index contributed by atoms with van der Waals surface area (Å²) in [7, 11) is 0. The molecule has 1 aliphatic heterocycles. The minimum Gasteiger partial charge on any atom is -0.452 e. The topological polar surface area (TPSA) is 46.6 Å². The van der Waals surface area contributed by atoms with Crippen molar-refractivity contribution < 1.29 is 14.3 Å². The van der Waals surface area contributed by atoms with Gasteiger partial charge >= 0.3 is 5.97 Å². The molecule has 1 aliphatic rings. The number of carbonyl (C=O) groups is 2. The van der Waals surface area contributed by atoms with Gasteiger partial charge < -0.3 is 9.64 Å². The summed E-state index contributed by atoms with van der Waals surface area (Å²) < 4.78 is 5.32. The van der Waals surface area contributed by atoms with Gasteiger partial charge in [0.25, 0.3) is 5.91 Å². The van der Waals surface area contributed by atoms with E-state index in [4.69, 9.17) is 4.74 Å². The van der Waals surface area contributed by atoms with Gasteiger partial charge in [0, 0.05) is 12.1 Å². The third-order valence-corrected chi connectivity index (χ3v) is 4.82. The maximum atomic E-state index is 12.5. The van der Waals surface area contributed by atoms with Crippen LogP contribution in [0.5, 0.6) is 0 Å². The van der Waals surface area contributed by atoms with Crippen molar-refractivity contribution in [3.63, 3.8) is 0 Å². The summed E-state index contributed by atoms with van der Waals surface area (Å²) in [6.45, 7) is 3.91. The van der Waals surface area contributed by atoms with Crippen LogP contribution in [0.25, 0.3) is 10.8 Å². The molecule has 24 heavy (non-hydrogen) atoms. The second-order valence-electron chi connectivity index (χ2n) is 6.53. The summed E-state index contributed by atoms with van der Waals surface area (Å²) in [6, 6.07) is 13.6. The highest BCUT2D eigenvalue weighted by Crippen LogP contribution is 2.23. The van der Waals surface area contributed by atoms with E-state index in [0.717, 1.165) is 30.0 Å². The molecular formula is C20H23NO3. The summed E-state index contributed by atoms with van der Waals surface area (Å²) in [5, 5.41) is 1.83. The zero-order chi connectivity index (χ0) is 17.1. The first-order valence-electron chi connectivity index (χ1n) is 8.54. The third-order valence-electron chi connectivity index (χ3n) is 4.82. The Kier molecular flexibility index (Phi) is 4.84. The van der Waals surface area contributed by atoms with E-state index in [-0.39, 0.29) is 24.6 Å². The first-order chi connectivity index (χ1) is 11.6. The standard InChI is InChI=1S/C20H23NO3/c1-14-7-5-8-15(2)21(14)19(22)13-24-20(23)18-12-6-10-16-9-3-4-11-17(16)18/h3-4,6,9-12,14-15H,5,7-8,13H2,1-2H3. The van der Waals surface area contributed by atoms with Crippen LogP contribution in [0.4, 0.5) is 0 Å². The normalized spacial score (nSPS) is 20.8. The van der Waals surface area contributed by atoms with E-state index >= 15 is 0 Å². The number of likely N-dealkylation sites (tertiary alicyclic amines) is 1. The smallest absolute Gasteiger partial charge is 0.339 e. The van der Waals surface area contributed by atoms with Gasteiger partial charge in [0.15, 0.2) is 6.61 Å². The zero-order valence-corrected chi connectivity index (χ0v) is 14.2. The number of ether oxygens (including phenoxy) is 1. The van der Waals surface area contributed by atoms with Crippen molar-refractivity contribution in [2.75, 3.05) is 6.61 Å². The lowest BCUT2D eigenvalue weighted by Crippen LogP contribution is -2.49. The molecule has 1 heterocycles. The Balaban J connectivity index is 1.70. The van der Waals surface area contributed by atoms with Crippen LogP contribution >= 0.6 is 0 Å². The summed E-state index contributed by atoms with van der Waals surface area (Å²) in [4.78, 5) is 26.7. The highest BCUT2D eigenvalue weighted by molar-refractivity contribution is 6.04. The molecule has 2 unspecified atom stereocenters. The average Bonchev–Trinajstić information content (AvgIpc) is 2.59. The van der Waals surface area contributed by atoms with Crippen LogP contribution in [0, 0.1) is 0 Å². The average molecular weight is 325 g/mol. The molecule has 0 radical (unpaired) electrons. The molecule has 1 saturated heterocycles. The molecule has 0 bridgehead atoms.